The summed E-state index contributed by atoms with van der Waals surface area (Å²) in [4.78, 5) is 53.9. The molecule has 2 aliphatic rings. The zero-order valence-electron chi connectivity index (χ0n) is 49.0. The number of aromatic nitrogens is 4. The van der Waals surface area contributed by atoms with E-state index in [0.717, 1.165) is 114 Å². The Bertz CT molecular complexity index is 3470. The quantitative estimate of drug-likeness (QED) is 0.0593. The lowest BCUT2D eigenvalue weighted by molar-refractivity contribution is -0.133. The minimum absolute atomic E-state index is 0.0108. The Hall–Kier alpha value is -5.97. The van der Waals surface area contributed by atoms with Gasteiger partial charge in [-0.25, -0.2) is 14.8 Å². The van der Waals surface area contributed by atoms with Gasteiger partial charge in [0, 0.05) is 103 Å². The monoisotopic (exact) mass is 1220 g/mol. The molecular formula is C66H80Cl4N8O6. The van der Waals surface area contributed by atoms with Gasteiger partial charge in [-0.3, -0.25) is 9.59 Å². The molecule has 18 heteroatoms. The molecule has 10 rings (SSSR count). The number of ether oxygens (including phenoxy) is 3. The van der Waals surface area contributed by atoms with Crippen LogP contribution < -0.4 is 11.1 Å². The first-order chi connectivity index (χ1) is 40.6. The number of piperidine rings is 2. The van der Waals surface area contributed by atoms with Gasteiger partial charge in [0.1, 0.15) is 17.2 Å². The highest BCUT2D eigenvalue weighted by Gasteiger charge is 2.33. The summed E-state index contributed by atoms with van der Waals surface area (Å²) in [5.74, 6) is 2.35. The molecule has 4 atom stereocenters. The largest absolute Gasteiger partial charge is 0.444 e. The second kappa shape index (κ2) is 30.9. The first-order valence-electron chi connectivity index (χ1n) is 29.2. The van der Waals surface area contributed by atoms with E-state index in [9.17, 15) is 14.4 Å². The highest BCUT2D eigenvalue weighted by atomic mass is 35.5. The van der Waals surface area contributed by atoms with Gasteiger partial charge < -0.3 is 44.2 Å². The fourth-order valence-corrected chi connectivity index (χ4v) is 12.2. The standard InChI is InChI=1S/C35H43ClN4O4.C30H35ClN4O2.CH2Cl2/c1-35(2,3)44-34(42)37-28(21-24-15-16-25-10-5-6-11-26(25)20-24)22-31(41)39-17-8-12-27(23-39)33-38-30-14-7-13-29(36)32(30)40(33)18-9-19-43-4;1-37-16-6-15-35-29-26(31)10-4-11-27(29)33-30(35)24-9-5-14-34(20-24)28(36)19-25(32)18-21-12-13-22-7-2-3-8-23(22)17-21;2-1-3/h5-7,10-11,13-16,20,27-28H,8-9,12,17-19,21-23H2,1-4H3,(H,37,42);2-4,7-8,10-13,17,24-25H,5-6,9,14-16,18-20,32H2,1H3;1H2/t27-,28-;24-,25-;/m11./s1. The van der Waals surface area contributed by atoms with Crippen molar-refractivity contribution in [2.24, 2.45) is 5.73 Å². The van der Waals surface area contributed by atoms with Crippen molar-refractivity contribution < 1.29 is 28.6 Å². The summed E-state index contributed by atoms with van der Waals surface area (Å²) in [5.41, 5.74) is 11.7. The SMILES string of the molecule is COCCCn1c([C@@H]2CCCN(C(=O)C[C@@H](Cc3ccc4ccccc4c3)NC(=O)OC(C)(C)C)C2)nc2cccc(Cl)c21.COCCCn1c([C@@H]2CCCN(C(=O)C[C@H](N)Cc3ccc4ccccc4c3)C2)nc2cccc(Cl)c21.ClCCl. The number of para-hydroxylation sites is 2. The molecule has 8 aromatic rings. The number of nitrogens with zero attached hydrogens (tertiary/aromatic N) is 6. The number of amides is 3. The Kier molecular flexibility index (Phi) is 23.6. The van der Waals surface area contributed by atoms with Crippen LogP contribution in [0.25, 0.3) is 43.6 Å². The van der Waals surface area contributed by atoms with Crippen molar-refractivity contribution in [3.63, 3.8) is 0 Å². The first kappa shape index (κ1) is 64.0. The Labute approximate surface area is 514 Å². The van der Waals surface area contributed by atoms with Gasteiger partial charge in [0.25, 0.3) is 0 Å². The molecule has 0 spiro atoms. The lowest BCUT2D eigenvalue weighted by Crippen LogP contribution is -2.46. The summed E-state index contributed by atoms with van der Waals surface area (Å²) < 4.78 is 20.6. The smallest absolute Gasteiger partial charge is 0.407 e. The number of carbonyl (C=O) groups is 3. The summed E-state index contributed by atoms with van der Waals surface area (Å²) in [5, 5.41) is 9.25. The maximum Gasteiger partial charge on any atom is 0.407 e. The fraction of sp³-hybridized carbons (Fsp3) is 0.439. The van der Waals surface area contributed by atoms with Crippen LogP contribution in [0.1, 0.15) is 107 Å². The van der Waals surface area contributed by atoms with Crippen LogP contribution in [0.4, 0.5) is 4.79 Å². The third-order valence-corrected chi connectivity index (χ3v) is 16.0. The zero-order chi connectivity index (χ0) is 59.8. The van der Waals surface area contributed by atoms with Crippen molar-refractivity contribution in [1.29, 1.82) is 0 Å². The average molecular weight is 1220 g/mol. The van der Waals surface area contributed by atoms with E-state index in [-0.39, 0.29) is 41.5 Å². The van der Waals surface area contributed by atoms with E-state index in [0.29, 0.717) is 62.2 Å². The lowest BCUT2D eigenvalue weighted by atomic mass is 9.95. The van der Waals surface area contributed by atoms with Crippen molar-refractivity contribution >= 4 is 108 Å². The predicted molar refractivity (Wildman–Crippen MR) is 342 cm³/mol. The summed E-state index contributed by atoms with van der Waals surface area (Å²) in [6.45, 7) is 11.0. The number of rotatable bonds is 19. The summed E-state index contributed by atoms with van der Waals surface area (Å²) in [6.07, 6.45) is 6.67. The molecule has 3 amide bonds. The molecule has 14 nitrogen and oxygen atoms in total. The Morgan fingerprint density at radius 2 is 1.08 bits per heavy atom. The summed E-state index contributed by atoms with van der Waals surface area (Å²) in [6, 6.07) is 40.2. The Balaban J connectivity index is 0.000000212. The minimum Gasteiger partial charge on any atom is -0.444 e. The van der Waals surface area contributed by atoms with Crippen LogP contribution in [0.5, 0.6) is 0 Å². The summed E-state index contributed by atoms with van der Waals surface area (Å²) in [7, 11) is 3.42. The highest BCUT2D eigenvalue weighted by Crippen LogP contribution is 2.35. The van der Waals surface area contributed by atoms with E-state index in [2.05, 4.69) is 75.1 Å². The van der Waals surface area contributed by atoms with Crippen molar-refractivity contribution in [2.75, 3.05) is 59.0 Å². The normalized spacial score (nSPS) is 16.2. The number of aryl methyl sites for hydroxylation is 2. The van der Waals surface area contributed by atoms with Crippen LogP contribution in [-0.4, -0.2) is 123 Å². The number of nitrogens with two attached hydrogens (primary N) is 1. The molecule has 0 saturated carbocycles. The maximum atomic E-state index is 13.8. The molecule has 448 valence electrons. The first-order valence-corrected chi connectivity index (χ1v) is 31.0. The van der Waals surface area contributed by atoms with Crippen LogP contribution in [0.2, 0.25) is 10.0 Å². The lowest BCUT2D eigenvalue weighted by Gasteiger charge is -2.34. The van der Waals surface area contributed by atoms with Crippen molar-refractivity contribution in [3.8, 4) is 0 Å². The van der Waals surface area contributed by atoms with Crippen molar-refractivity contribution in [1.82, 2.24) is 34.2 Å². The van der Waals surface area contributed by atoms with Gasteiger partial charge in [0.05, 0.1) is 37.5 Å². The van der Waals surface area contributed by atoms with Crippen LogP contribution in [0.3, 0.4) is 0 Å². The molecule has 3 N–H and O–H groups in total. The van der Waals surface area contributed by atoms with Gasteiger partial charge in [-0.2, -0.15) is 0 Å². The second-order valence-electron chi connectivity index (χ2n) is 22.9. The van der Waals surface area contributed by atoms with Gasteiger partial charge in [-0.15, -0.1) is 23.2 Å². The molecule has 6 aromatic carbocycles. The zero-order valence-corrected chi connectivity index (χ0v) is 52.0. The number of carbonyl (C=O) groups excluding carboxylic acids is 3. The number of fused-ring (bicyclic) bond motifs is 4. The summed E-state index contributed by atoms with van der Waals surface area (Å²) >= 11 is 22.8. The highest BCUT2D eigenvalue weighted by molar-refractivity contribution is 6.40. The molecule has 2 aliphatic heterocycles. The number of nitrogens with one attached hydrogen (secondary N) is 1. The topological polar surface area (TPSA) is 159 Å². The van der Waals surface area contributed by atoms with E-state index in [1.807, 2.05) is 91.2 Å². The molecule has 0 radical (unpaired) electrons. The van der Waals surface area contributed by atoms with Gasteiger partial charge >= 0.3 is 6.09 Å². The Morgan fingerprint density at radius 3 is 1.55 bits per heavy atom. The number of halogens is 4. The van der Waals surface area contributed by atoms with Crippen LogP contribution in [0.15, 0.2) is 121 Å². The number of hydrogen-bond donors (Lipinski definition) is 2. The molecule has 2 fully saturated rings. The third-order valence-electron chi connectivity index (χ3n) is 15.4. The number of likely N-dealkylation sites (tertiary alicyclic amines) is 2. The molecule has 0 bridgehead atoms. The van der Waals surface area contributed by atoms with Crippen LogP contribution in [0, 0.1) is 0 Å². The van der Waals surface area contributed by atoms with E-state index < -0.39 is 17.7 Å². The number of hydrogen-bond acceptors (Lipinski definition) is 9. The minimum atomic E-state index is -0.640. The van der Waals surface area contributed by atoms with Crippen LogP contribution in [-0.2, 0) is 49.7 Å². The Morgan fingerprint density at radius 1 is 0.631 bits per heavy atom. The van der Waals surface area contributed by atoms with Crippen LogP contribution >= 0.6 is 46.4 Å². The molecular weight excluding hydrogens is 1140 g/mol. The molecule has 0 unspecified atom stereocenters. The van der Waals surface area contributed by atoms with Gasteiger partial charge in [-0.05, 0) is 129 Å². The number of methoxy groups -OCH3 is 2. The number of imidazole rings is 2. The molecule has 2 saturated heterocycles. The van der Waals surface area contributed by atoms with Crippen molar-refractivity contribution in [3.05, 3.63) is 154 Å². The number of alkyl carbamates (subject to hydrolysis) is 1. The molecule has 2 aromatic heterocycles. The molecule has 84 heavy (non-hydrogen) atoms. The molecule has 4 heterocycles. The van der Waals surface area contributed by atoms with Gasteiger partial charge in [0.2, 0.25) is 11.8 Å². The fourth-order valence-electron chi connectivity index (χ4n) is 11.7. The molecule has 0 aliphatic carbocycles. The van der Waals surface area contributed by atoms with Gasteiger partial charge in [0.15, 0.2) is 0 Å². The number of benzene rings is 6. The predicted octanol–water partition coefficient (Wildman–Crippen LogP) is 14.1. The van der Waals surface area contributed by atoms with E-state index in [1.165, 1.54) is 10.8 Å². The third kappa shape index (κ3) is 17.4. The van der Waals surface area contributed by atoms with Crippen molar-refractivity contribution in [2.45, 2.75) is 128 Å². The van der Waals surface area contributed by atoms with E-state index in [1.54, 1.807) is 14.2 Å². The number of alkyl halides is 2. The average Bonchev–Trinajstić information content (AvgIpc) is 4.20. The van der Waals surface area contributed by atoms with E-state index in [4.69, 9.17) is 76.3 Å². The second-order valence-corrected chi connectivity index (χ2v) is 24.5. The maximum absolute atomic E-state index is 13.8. The van der Waals surface area contributed by atoms with E-state index >= 15 is 0 Å². The van der Waals surface area contributed by atoms with Gasteiger partial charge in [-0.1, -0.05) is 120 Å².